The summed E-state index contributed by atoms with van der Waals surface area (Å²) in [4.78, 5) is 12.5. The lowest BCUT2D eigenvalue weighted by atomic mass is 9.70. The van der Waals surface area contributed by atoms with Crippen LogP contribution in [0.15, 0.2) is 30.3 Å². The van der Waals surface area contributed by atoms with Crippen LogP contribution in [0.4, 0.5) is 0 Å². The summed E-state index contributed by atoms with van der Waals surface area (Å²) >= 11 is 0. The fourth-order valence-electron chi connectivity index (χ4n) is 3.46. The summed E-state index contributed by atoms with van der Waals surface area (Å²) in [5.41, 5.74) is 0.880. The molecule has 1 aliphatic rings. The molecular formula is C17H24O. The quantitative estimate of drug-likeness (QED) is 0.700. The molecule has 0 amide bonds. The fourth-order valence-corrected chi connectivity index (χ4v) is 3.46. The number of carbonyl (C=O) groups is 1. The summed E-state index contributed by atoms with van der Waals surface area (Å²) in [5, 5.41) is 0. The molecule has 98 valence electrons. The van der Waals surface area contributed by atoms with Crippen molar-refractivity contribution in [1.29, 1.82) is 0 Å². The smallest absolute Gasteiger partial charge is 0.165 e. The Morgan fingerprint density at radius 3 is 2.56 bits per heavy atom. The topological polar surface area (TPSA) is 17.1 Å². The van der Waals surface area contributed by atoms with Crippen molar-refractivity contribution in [1.82, 2.24) is 0 Å². The summed E-state index contributed by atoms with van der Waals surface area (Å²) in [6, 6.07) is 9.78. The maximum atomic E-state index is 12.5. The molecule has 0 bridgehead atoms. The first-order chi connectivity index (χ1) is 8.74. The molecule has 0 spiro atoms. The van der Waals surface area contributed by atoms with E-state index in [1.165, 1.54) is 32.1 Å². The van der Waals surface area contributed by atoms with Crippen molar-refractivity contribution in [3.63, 3.8) is 0 Å². The Hall–Kier alpha value is -1.11. The Morgan fingerprint density at radius 2 is 1.89 bits per heavy atom. The van der Waals surface area contributed by atoms with E-state index < -0.39 is 0 Å². The minimum atomic E-state index is 0.178. The Balaban J connectivity index is 2.10. The highest BCUT2D eigenvalue weighted by Gasteiger charge is 2.32. The molecule has 0 aliphatic heterocycles. The monoisotopic (exact) mass is 244 g/mol. The van der Waals surface area contributed by atoms with Gasteiger partial charge in [-0.1, -0.05) is 69.9 Å². The molecule has 1 aromatic carbocycles. The van der Waals surface area contributed by atoms with Crippen LogP contribution < -0.4 is 0 Å². The van der Waals surface area contributed by atoms with Crippen LogP contribution in [0.25, 0.3) is 0 Å². The third-order valence-corrected chi connectivity index (χ3v) is 4.61. The van der Waals surface area contributed by atoms with E-state index in [9.17, 15) is 4.79 Å². The minimum Gasteiger partial charge on any atom is -0.294 e. The Bertz CT molecular complexity index is 382. The largest absolute Gasteiger partial charge is 0.294 e. The Labute approximate surface area is 111 Å². The maximum Gasteiger partial charge on any atom is 0.165 e. The number of hydrogen-bond acceptors (Lipinski definition) is 1. The molecule has 3 atom stereocenters. The van der Waals surface area contributed by atoms with Crippen LogP contribution in [-0.4, -0.2) is 5.78 Å². The lowest BCUT2D eigenvalue weighted by molar-refractivity contribution is 0.0798. The molecule has 1 fully saturated rings. The van der Waals surface area contributed by atoms with Crippen molar-refractivity contribution in [3.05, 3.63) is 35.9 Å². The average molecular weight is 244 g/mol. The van der Waals surface area contributed by atoms with Gasteiger partial charge in [-0.2, -0.15) is 0 Å². The van der Waals surface area contributed by atoms with Gasteiger partial charge in [0, 0.05) is 11.5 Å². The summed E-state index contributed by atoms with van der Waals surface area (Å²) in [6.07, 6.45) is 6.41. The van der Waals surface area contributed by atoms with Crippen LogP contribution in [0.1, 0.15) is 56.3 Å². The first kappa shape index (κ1) is 13.3. The SMILES string of the molecule is CCC1CCCCC1C(C)C(=O)c1ccccc1. The van der Waals surface area contributed by atoms with E-state index >= 15 is 0 Å². The van der Waals surface area contributed by atoms with Crippen LogP contribution >= 0.6 is 0 Å². The minimum absolute atomic E-state index is 0.178. The molecule has 18 heavy (non-hydrogen) atoms. The molecule has 1 aliphatic carbocycles. The van der Waals surface area contributed by atoms with Crippen molar-refractivity contribution in [2.75, 3.05) is 0 Å². The van der Waals surface area contributed by atoms with Gasteiger partial charge in [0.2, 0.25) is 0 Å². The molecular weight excluding hydrogens is 220 g/mol. The first-order valence-electron chi connectivity index (χ1n) is 7.33. The van der Waals surface area contributed by atoms with Crippen molar-refractivity contribution in [2.45, 2.75) is 46.0 Å². The van der Waals surface area contributed by atoms with Crippen molar-refractivity contribution in [2.24, 2.45) is 17.8 Å². The molecule has 1 aromatic rings. The number of benzene rings is 1. The predicted octanol–water partition coefficient (Wildman–Crippen LogP) is 4.72. The van der Waals surface area contributed by atoms with Gasteiger partial charge in [0.15, 0.2) is 5.78 Å². The number of hydrogen-bond donors (Lipinski definition) is 0. The van der Waals surface area contributed by atoms with Crippen molar-refractivity contribution >= 4 is 5.78 Å². The van der Waals surface area contributed by atoms with E-state index in [1.807, 2.05) is 30.3 Å². The van der Waals surface area contributed by atoms with Crippen LogP contribution in [-0.2, 0) is 0 Å². The van der Waals surface area contributed by atoms with E-state index in [2.05, 4.69) is 13.8 Å². The molecule has 0 heterocycles. The van der Waals surface area contributed by atoms with Crippen LogP contribution in [0.3, 0.4) is 0 Å². The normalized spacial score (nSPS) is 25.7. The maximum absolute atomic E-state index is 12.5. The van der Waals surface area contributed by atoms with Gasteiger partial charge in [-0.25, -0.2) is 0 Å². The average Bonchev–Trinajstić information content (AvgIpc) is 2.46. The van der Waals surface area contributed by atoms with Gasteiger partial charge in [0.25, 0.3) is 0 Å². The molecule has 0 aromatic heterocycles. The highest BCUT2D eigenvalue weighted by molar-refractivity contribution is 5.97. The van der Waals surface area contributed by atoms with E-state index in [0.29, 0.717) is 11.7 Å². The highest BCUT2D eigenvalue weighted by atomic mass is 16.1. The second-order valence-corrected chi connectivity index (χ2v) is 5.64. The molecule has 0 N–H and O–H groups in total. The van der Waals surface area contributed by atoms with Gasteiger partial charge in [-0.05, 0) is 18.3 Å². The zero-order valence-electron chi connectivity index (χ0n) is 11.6. The van der Waals surface area contributed by atoms with Gasteiger partial charge in [0.05, 0.1) is 0 Å². The molecule has 1 saturated carbocycles. The highest BCUT2D eigenvalue weighted by Crippen LogP contribution is 2.38. The van der Waals surface area contributed by atoms with Gasteiger partial charge < -0.3 is 0 Å². The summed E-state index contributed by atoms with van der Waals surface area (Å²) < 4.78 is 0. The lowest BCUT2D eigenvalue weighted by Gasteiger charge is -2.34. The second kappa shape index (κ2) is 6.17. The van der Waals surface area contributed by atoms with Crippen molar-refractivity contribution in [3.8, 4) is 0 Å². The summed E-state index contributed by atoms with van der Waals surface area (Å²) in [7, 11) is 0. The number of carbonyl (C=O) groups excluding carboxylic acids is 1. The predicted molar refractivity (Wildman–Crippen MR) is 75.7 cm³/mol. The molecule has 2 rings (SSSR count). The Morgan fingerprint density at radius 1 is 1.22 bits per heavy atom. The molecule has 0 radical (unpaired) electrons. The van der Waals surface area contributed by atoms with E-state index in [4.69, 9.17) is 0 Å². The van der Waals surface area contributed by atoms with Gasteiger partial charge in [-0.15, -0.1) is 0 Å². The molecule has 3 unspecified atom stereocenters. The van der Waals surface area contributed by atoms with Gasteiger partial charge in [0.1, 0.15) is 0 Å². The third kappa shape index (κ3) is 2.82. The van der Waals surface area contributed by atoms with Crippen LogP contribution in [0.5, 0.6) is 0 Å². The number of ketones is 1. The van der Waals surface area contributed by atoms with E-state index in [0.717, 1.165) is 11.5 Å². The van der Waals surface area contributed by atoms with Gasteiger partial charge in [-0.3, -0.25) is 4.79 Å². The first-order valence-corrected chi connectivity index (χ1v) is 7.33. The van der Waals surface area contributed by atoms with E-state index in [-0.39, 0.29) is 5.92 Å². The zero-order chi connectivity index (χ0) is 13.0. The summed E-state index contributed by atoms with van der Waals surface area (Å²) in [5.74, 6) is 1.86. The number of rotatable bonds is 4. The third-order valence-electron chi connectivity index (χ3n) is 4.61. The van der Waals surface area contributed by atoms with E-state index in [1.54, 1.807) is 0 Å². The summed E-state index contributed by atoms with van der Waals surface area (Å²) in [6.45, 7) is 4.40. The molecule has 0 saturated heterocycles. The Kier molecular flexibility index (Phi) is 4.57. The molecule has 1 heteroatoms. The molecule has 1 nitrogen and oxygen atoms in total. The fraction of sp³-hybridized carbons (Fsp3) is 0.588. The number of Topliss-reactive ketones (excluding diaryl/α,β-unsaturated/α-hetero) is 1. The second-order valence-electron chi connectivity index (χ2n) is 5.64. The van der Waals surface area contributed by atoms with Gasteiger partial charge >= 0.3 is 0 Å². The lowest BCUT2D eigenvalue weighted by Crippen LogP contribution is -2.30. The van der Waals surface area contributed by atoms with Crippen molar-refractivity contribution < 1.29 is 4.79 Å². The zero-order valence-corrected chi connectivity index (χ0v) is 11.6. The van der Waals surface area contributed by atoms with Crippen LogP contribution in [0.2, 0.25) is 0 Å². The van der Waals surface area contributed by atoms with Crippen LogP contribution in [0, 0.1) is 17.8 Å². The standard InChI is InChI=1S/C17H24O/c1-3-14-9-7-8-12-16(14)13(2)17(18)15-10-5-4-6-11-15/h4-6,10-11,13-14,16H,3,7-9,12H2,1-2H3.